The number of likely N-dealkylation sites (tertiary alicyclic amines) is 1. The van der Waals surface area contributed by atoms with Crippen LogP contribution in [0.3, 0.4) is 0 Å². The number of benzene rings is 1. The Labute approximate surface area is 166 Å². The standard InChI is InChI=1S/C22H28ClN3O/c1-17-24-12-15-26(17)16-18-8-13-25(14-9-18)21(27)22(10-2-3-11-22)19-4-6-20(23)7-5-19/h4-7,12,15,18H,2-3,8-11,13-14,16H2,1H3. The number of carbonyl (C=O) groups excluding carboxylic acids is 1. The molecule has 4 rings (SSSR count). The van der Waals surface area contributed by atoms with Crippen LogP contribution in [0.4, 0.5) is 0 Å². The van der Waals surface area contributed by atoms with Crippen molar-refractivity contribution in [2.24, 2.45) is 5.92 Å². The molecule has 0 N–H and O–H groups in total. The van der Waals surface area contributed by atoms with Crippen molar-refractivity contribution in [3.8, 4) is 0 Å². The van der Waals surface area contributed by atoms with E-state index in [0.717, 1.165) is 74.6 Å². The summed E-state index contributed by atoms with van der Waals surface area (Å²) >= 11 is 6.08. The molecule has 1 amide bonds. The number of halogens is 1. The fourth-order valence-corrected chi connectivity index (χ4v) is 5.00. The highest BCUT2D eigenvalue weighted by molar-refractivity contribution is 6.30. The number of hydrogen-bond acceptors (Lipinski definition) is 2. The van der Waals surface area contributed by atoms with E-state index >= 15 is 0 Å². The molecule has 0 radical (unpaired) electrons. The molecular weight excluding hydrogens is 358 g/mol. The Balaban J connectivity index is 1.44. The van der Waals surface area contributed by atoms with Crippen LogP contribution in [-0.2, 0) is 16.8 Å². The van der Waals surface area contributed by atoms with E-state index in [9.17, 15) is 4.79 Å². The molecule has 1 aliphatic carbocycles. The number of amides is 1. The first-order chi connectivity index (χ1) is 13.1. The molecule has 5 heteroatoms. The Kier molecular flexibility index (Phi) is 5.27. The molecule has 2 heterocycles. The second kappa shape index (κ2) is 7.67. The maximum Gasteiger partial charge on any atom is 0.233 e. The molecule has 0 bridgehead atoms. The lowest BCUT2D eigenvalue weighted by Gasteiger charge is -2.39. The average molecular weight is 386 g/mol. The molecule has 0 spiro atoms. The summed E-state index contributed by atoms with van der Waals surface area (Å²) in [4.78, 5) is 20.0. The first-order valence-electron chi connectivity index (χ1n) is 10.1. The van der Waals surface area contributed by atoms with Gasteiger partial charge in [0, 0.05) is 37.1 Å². The van der Waals surface area contributed by atoms with Crippen molar-refractivity contribution in [3.63, 3.8) is 0 Å². The number of carbonyl (C=O) groups is 1. The number of nitrogens with zero attached hydrogens (tertiary/aromatic N) is 3. The fourth-order valence-electron chi connectivity index (χ4n) is 4.87. The molecular formula is C22H28ClN3O. The molecule has 27 heavy (non-hydrogen) atoms. The summed E-state index contributed by atoms with van der Waals surface area (Å²) in [5.41, 5.74) is 0.809. The molecule has 1 saturated carbocycles. The van der Waals surface area contributed by atoms with Crippen molar-refractivity contribution in [3.05, 3.63) is 53.1 Å². The first kappa shape index (κ1) is 18.5. The Hall–Kier alpha value is -1.81. The lowest BCUT2D eigenvalue weighted by atomic mass is 9.77. The van der Waals surface area contributed by atoms with Crippen molar-refractivity contribution in [2.45, 2.75) is 57.4 Å². The Morgan fingerprint density at radius 2 is 1.85 bits per heavy atom. The van der Waals surface area contributed by atoms with Gasteiger partial charge in [-0.1, -0.05) is 36.6 Å². The van der Waals surface area contributed by atoms with E-state index < -0.39 is 0 Å². The lowest BCUT2D eigenvalue weighted by molar-refractivity contribution is -0.138. The zero-order valence-corrected chi connectivity index (χ0v) is 16.8. The third-order valence-electron chi connectivity index (χ3n) is 6.54. The summed E-state index contributed by atoms with van der Waals surface area (Å²) < 4.78 is 2.23. The van der Waals surface area contributed by atoms with E-state index in [1.54, 1.807) is 0 Å². The number of imidazole rings is 1. The van der Waals surface area contributed by atoms with Crippen LogP contribution >= 0.6 is 11.6 Å². The van der Waals surface area contributed by atoms with Gasteiger partial charge in [-0.15, -0.1) is 0 Å². The summed E-state index contributed by atoms with van der Waals surface area (Å²) in [6, 6.07) is 7.95. The SMILES string of the molecule is Cc1nccn1CC1CCN(C(=O)C2(c3ccc(Cl)cc3)CCCC2)CC1. The zero-order valence-electron chi connectivity index (χ0n) is 16.0. The summed E-state index contributed by atoms with van der Waals surface area (Å²) in [5, 5.41) is 0.731. The second-order valence-electron chi connectivity index (χ2n) is 8.16. The molecule has 1 aromatic carbocycles. The van der Waals surface area contributed by atoms with E-state index in [-0.39, 0.29) is 5.41 Å². The van der Waals surface area contributed by atoms with Crippen LogP contribution in [0.5, 0.6) is 0 Å². The number of hydrogen-bond donors (Lipinski definition) is 0. The summed E-state index contributed by atoms with van der Waals surface area (Å²) in [6.45, 7) is 4.80. The molecule has 4 nitrogen and oxygen atoms in total. The van der Waals surface area contributed by atoms with Crippen LogP contribution in [0.25, 0.3) is 0 Å². The zero-order chi connectivity index (χ0) is 18.9. The van der Waals surface area contributed by atoms with Gasteiger partial charge in [-0.25, -0.2) is 4.98 Å². The van der Waals surface area contributed by atoms with Gasteiger partial charge in [0.25, 0.3) is 0 Å². The van der Waals surface area contributed by atoms with Crippen LogP contribution in [0.1, 0.15) is 49.9 Å². The van der Waals surface area contributed by atoms with Crippen LogP contribution < -0.4 is 0 Å². The molecule has 1 aromatic heterocycles. The van der Waals surface area contributed by atoms with Crippen molar-refractivity contribution in [1.29, 1.82) is 0 Å². The van der Waals surface area contributed by atoms with Crippen LogP contribution in [0.2, 0.25) is 5.02 Å². The Bertz CT molecular complexity index is 784. The maximum atomic E-state index is 13.6. The quantitative estimate of drug-likeness (QED) is 0.771. The second-order valence-corrected chi connectivity index (χ2v) is 8.59. The Morgan fingerprint density at radius 3 is 2.44 bits per heavy atom. The van der Waals surface area contributed by atoms with Crippen LogP contribution in [0.15, 0.2) is 36.7 Å². The van der Waals surface area contributed by atoms with Gasteiger partial charge in [0.2, 0.25) is 5.91 Å². The summed E-state index contributed by atoms with van der Waals surface area (Å²) in [5.74, 6) is 2.03. The van der Waals surface area contributed by atoms with E-state index in [1.165, 1.54) is 0 Å². The summed E-state index contributed by atoms with van der Waals surface area (Å²) in [7, 11) is 0. The number of rotatable bonds is 4. The largest absolute Gasteiger partial charge is 0.342 e. The minimum Gasteiger partial charge on any atom is -0.342 e. The normalized spacial score (nSPS) is 20.1. The van der Waals surface area contributed by atoms with Gasteiger partial charge >= 0.3 is 0 Å². The molecule has 1 saturated heterocycles. The van der Waals surface area contributed by atoms with Gasteiger partial charge in [-0.3, -0.25) is 4.79 Å². The monoisotopic (exact) mass is 385 g/mol. The predicted molar refractivity (Wildman–Crippen MR) is 108 cm³/mol. The van der Waals surface area contributed by atoms with Gasteiger partial charge < -0.3 is 9.47 Å². The van der Waals surface area contributed by atoms with Crippen molar-refractivity contribution < 1.29 is 4.79 Å². The third kappa shape index (κ3) is 3.64. The van der Waals surface area contributed by atoms with Gasteiger partial charge in [-0.2, -0.15) is 0 Å². The van der Waals surface area contributed by atoms with E-state index in [4.69, 9.17) is 11.6 Å². The van der Waals surface area contributed by atoms with E-state index in [0.29, 0.717) is 11.8 Å². The number of piperidine rings is 1. The minimum atomic E-state index is -0.335. The van der Waals surface area contributed by atoms with E-state index in [2.05, 4.69) is 39.7 Å². The molecule has 0 atom stereocenters. The highest BCUT2D eigenvalue weighted by atomic mass is 35.5. The van der Waals surface area contributed by atoms with Crippen LogP contribution in [-0.4, -0.2) is 33.4 Å². The lowest BCUT2D eigenvalue weighted by Crippen LogP contribution is -2.48. The molecule has 2 aliphatic rings. The first-order valence-corrected chi connectivity index (χ1v) is 10.5. The van der Waals surface area contributed by atoms with Crippen molar-refractivity contribution >= 4 is 17.5 Å². The summed E-state index contributed by atoms with van der Waals surface area (Å²) in [6.07, 6.45) is 10.2. The van der Waals surface area contributed by atoms with Crippen molar-refractivity contribution in [1.82, 2.24) is 14.5 Å². The van der Waals surface area contributed by atoms with E-state index in [1.807, 2.05) is 18.3 Å². The van der Waals surface area contributed by atoms with Crippen molar-refractivity contribution in [2.75, 3.05) is 13.1 Å². The van der Waals surface area contributed by atoms with Gasteiger partial charge in [0.15, 0.2) is 0 Å². The average Bonchev–Trinajstić information content (AvgIpc) is 3.33. The smallest absolute Gasteiger partial charge is 0.233 e. The predicted octanol–water partition coefficient (Wildman–Crippen LogP) is 4.60. The topological polar surface area (TPSA) is 38.1 Å². The molecule has 2 aromatic rings. The highest BCUT2D eigenvalue weighted by Crippen LogP contribution is 2.43. The molecule has 2 fully saturated rings. The Morgan fingerprint density at radius 1 is 1.19 bits per heavy atom. The fraction of sp³-hybridized carbons (Fsp3) is 0.545. The van der Waals surface area contributed by atoms with Gasteiger partial charge in [0.05, 0.1) is 5.41 Å². The third-order valence-corrected chi connectivity index (χ3v) is 6.80. The van der Waals surface area contributed by atoms with Crippen LogP contribution in [0, 0.1) is 12.8 Å². The minimum absolute atomic E-state index is 0.333. The maximum absolute atomic E-state index is 13.6. The molecule has 1 aliphatic heterocycles. The highest BCUT2D eigenvalue weighted by Gasteiger charge is 2.45. The van der Waals surface area contributed by atoms with Gasteiger partial charge in [-0.05, 0) is 56.2 Å². The van der Waals surface area contributed by atoms with Gasteiger partial charge in [0.1, 0.15) is 5.82 Å². The number of aromatic nitrogens is 2. The molecule has 0 unspecified atom stereocenters. The molecule has 144 valence electrons. The number of aryl methyl sites for hydroxylation is 1.